The van der Waals surface area contributed by atoms with E-state index >= 15 is 0 Å². The van der Waals surface area contributed by atoms with E-state index in [1.54, 1.807) is 13.8 Å². The summed E-state index contributed by atoms with van der Waals surface area (Å²) in [5.41, 5.74) is 0. The van der Waals surface area contributed by atoms with E-state index in [0.717, 1.165) is 0 Å². The van der Waals surface area contributed by atoms with Crippen molar-refractivity contribution in [3.05, 3.63) is 0 Å². The van der Waals surface area contributed by atoms with Crippen molar-refractivity contribution in [3.63, 3.8) is 0 Å². The number of hydrogen-bond donors (Lipinski definition) is 2. The van der Waals surface area contributed by atoms with Crippen LogP contribution in [0, 0.1) is 0 Å². The van der Waals surface area contributed by atoms with E-state index in [-0.39, 0.29) is 35.7 Å². The fourth-order valence-electron chi connectivity index (χ4n) is 0.309. The number of phosphoric ester groups is 1. The SMILES string of the molecule is CCC(C)OP(=O)(O)O.[NaH]. The number of hydrogen-bond acceptors (Lipinski definition) is 2. The Morgan fingerprint density at radius 1 is 1.60 bits per heavy atom. The molecular formula is C4H12NaO4P. The normalized spacial score (nSPS) is 14.0. The van der Waals surface area contributed by atoms with Gasteiger partial charge in [-0.25, -0.2) is 4.57 Å². The minimum atomic E-state index is -4.24. The van der Waals surface area contributed by atoms with Crippen molar-refractivity contribution < 1.29 is 18.9 Å². The zero-order chi connectivity index (χ0) is 7.49. The summed E-state index contributed by atoms with van der Waals surface area (Å²) in [7, 11) is -4.24. The van der Waals surface area contributed by atoms with Crippen LogP contribution in [0.2, 0.25) is 0 Å². The van der Waals surface area contributed by atoms with E-state index in [1.165, 1.54) is 0 Å². The first-order valence-electron chi connectivity index (χ1n) is 2.69. The molecular weight excluding hydrogens is 166 g/mol. The molecule has 1 atom stereocenters. The van der Waals surface area contributed by atoms with Crippen LogP contribution in [0.15, 0.2) is 0 Å². The maximum atomic E-state index is 10.1. The Morgan fingerprint density at radius 3 is 2.10 bits per heavy atom. The Bertz CT molecular complexity index is 122. The van der Waals surface area contributed by atoms with E-state index < -0.39 is 7.82 Å². The van der Waals surface area contributed by atoms with Gasteiger partial charge in [-0.15, -0.1) is 0 Å². The molecule has 0 fully saturated rings. The van der Waals surface area contributed by atoms with Crippen LogP contribution in [-0.2, 0) is 9.09 Å². The Morgan fingerprint density at radius 2 is 2.00 bits per heavy atom. The van der Waals surface area contributed by atoms with Crippen molar-refractivity contribution in [1.29, 1.82) is 0 Å². The molecule has 0 bridgehead atoms. The average molecular weight is 178 g/mol. The molecule has 0 aromatic heterocycles. The van der Waals surface area contributed by atoms with Crippen molar-refractivity contribution in [1.82, 2.24) is 0 Å². The van der Waals surface area contributed by atoms with Crippen LogP contribution in [0.3, 0.4) is 0 Å². The van der Waals surface area contributed by atoms with Crippen LogP contribution in [-0.4, -0.2) is 45.4 Å². The van der Waals surface area contributed by atoms with Crippen molar-refractivity contribution in [2.45, 2.75) is 26.4 Å². The zero-order valence-electron chi connectivity index (χ0n) is 5.44. The van der Waals surface area contributed by atoms with Crippen molar-refractivity contribution in [2.24, 2.45) is 0 Å². The zero-order valence-corrected chi connectivity index (χ0v) is 6.34. The second-order valence-corrected chi connectivity index (χ2v) is 3.01. The molecule has 0 amide bonds. The fraction of sp³-hybridized carbons (Fsp3) is 1.00. The molecule has 0 saturated carbocycles. The summed E-state index contributed by atoms with van der Waals surface area (Å²) in [6.45, 7) is 3.40. The molecule has 10 heavy (non-hydrogen) atoms. The minimum absolute atomic E-state index is 0. The van der Waals surface area contributed by atoms with Crippen LogP contribution in [0.25, 0.3) is 0 Å². The third kappa shape index (κ3) is 9.11. The molecule has 0 aliphatic carbocycles. The van der Waals surface area contributed by atoms with Gasteiger partial charge in [0.05, 0.1) is 6.10 Å². The summed E-state index contributed by atoms with van der Waals surface area (Å²) in [6.07, 6.45) is 0.233. The van der Waals surface area contributed by atoms with Gasteiger partial charge in [0.25, 0.3) is 0 Å². The summed E-state index contributed by atoms with van der Waals surface area (Å²) >= 11 is 0. The molecule has 0 spiro atoms. The van der Waals surface area contributed by atoms with Gasteiger partial charge in [-0.3, -0.25) is 4.52 Å². The summed E-state index contributed by atoms with van der Waals surface area (Å²) in [5, 5.41) is 0. The Balaban J connectivity index is 0. The molecule has 2 N–H and O–H groups in total. The first-order chi connectivity index (χ1) is 3.95. The first kappa shape index (κ1) is 13.7. The van der Waals surface area contributed by atoms with Crippen LogP contribution in [0.1, 0.15) is 20.3 Å². The quantitative estimate of drug-likeness (QED) is 0.480. The molecule has 0 saturated heterocycles. The molecule has 0 heterocycles. The van der Waals surface area contributed by atoms with Crippen molar-refractivity contribution >= 4 is 37.4 Å². The summed E-state index contributed by atoms with van der Waals surface area (Å²) in [6, 6.07) is 0. The molecule has 4 nitrogen and oxygen atoms in total. The van der Waals surface area contributed by atoms with Crippen LogP contribution >= 0.6 is 7.82 Å². The third-order valence-electron chi connectivity index (χ3n) is 0.892. The van der Waals surface area contributed by atoms with Crippen molar-refractivity contribution in [3.8, 4) is 0 Å². The Hall–Kier alpha value is 1.11. The van der Waals surface area contributed by atoms with Crippen LogP contribution in [0.4, 0.5) is 0 Å². The second-order valence-electron chi connectivity index (χ2n) is 1.81. The molecule has 0 radical (unpaired) electrons. The van der Waals surface area contributed by atoms with Crippen molar-refractivity contribution in [2.75, 3.05) is 0 Å². The topological polar surface area (TPSA) is 66.8 Å². The van der Waals surface area contributed by atoms with Gasteiger partial charge in [0.1, 0.15) is 0 Å². The molecule has 58 valence electrons. The van der Waals surface area contributed by atoms with E-state index in [2.05, 4.69) is 4.52 Å². The fourth-order valence-corrected chi connectivity index (χ4v) is 0.927. The van der Waals surface area contributed by atoms with E-state index in [9.17, 15) is 4.57 Å². The van der Waals surface area contributed by atoms with E-state index in [4.69, 9.17) is 9.79 Å². The number of rotatable bonds is 3. The summed E-state index contributed by atoms with van der Waals surface area (Å²) < 4.78 is 14.3. The third-order valence-corrected chi connectivity index (χ3v) is 1.53. The monoisotopic (exact) mass is 178 g/mol. The predicted octanol–water partition coefficient (Wildman–Crippen LogP) is 0.246. The second kappa shape index (κ2) is 5.72. The van der Waals surface area contributed by atoms with Gasteiger partial charge in [-0.05, 0) is 13.3 Å². The van der Waals surface area contributed by atoms with Gasteiger partial charge in [0.2, 0.25) is 0 Å². The standard InChI is InChI=1S/C4H11O4P.Na.H/c1-3-4(2)8-9(5,6)7;;/h4H,3H2,1-2H3,(H2,5,6,7);;. The molecule has 0 aliphatic rings. The number of phosphoric acid groups is 1. The van der Waals surface area contributed by atoms with Crippen LogP contribution in [0.5, 0.6) is 0 Å². The average Bonchev–Trinajstić information content (AvgIpc) is 1.62. The van der Waals surface area contributed by atoms with Gasteiger partial charge in [0, 0.05) is 0 Å². The molecule has 6 heteroatoms. The summed E-state index contributed by atoms with van der Waals surface area (Å²) in [5.74, 6) is 0. The Kier molecular flexibility index (Phi) is 7.83. The predicted molar refractivity (Wildman–Crippen MR) is 40.0 cm³/mol. The molecule has 0 aliphatic heterocycles. The summed E-state index contributed by atoms with van der Waals surface area (Å²) in [4.78, 5) is 16.4. The van der Waals surface area contributed by atoms with E-state index in [0.29, 0.717) is 6.42 Å². The molecule has 1 unspecified atom stereocenters. The van der Waals surface area contributed by atoms with Gasteiger partial charge < -0.3 is 9.79 Å². The molecule has 0 rings (SSSR count). The van der Waals surface area contributed by atoms with Gasteiger partial charge in [0.15, 0.2) is 0 Å². The molecule has 0 aromatic carbocycles. The van der Waals surface area contributed by atoms with Gasteiger partial charge in [-0.2, -0.15) is 0 Å². The van der Waals surface area contributed by atoms with Crippen LogP contribution < -0.4 is 0 Å². The Labute approximate surface area is 82.5 Å². The van der Waals surface area contributed by atoms with E-state index in [1.807, 2.05) is 0 Å². The molecule has 0 aromatic rings. The first-order valence-corrected chi connectivity index (χ1v) is 4.22. The van der Waals surface area contributed by atoms with Gasteiger partial charge in [-0.1, -0.05) is 6.92 Å². The van der Waals surface area contributed by atoms with Gasteiger partial charge >= 0.3 is 37.4 Å². The maximum absolute atomic E-state index is 10.1.